The van der Waals surface area contributed by atoms with Gasteiger partial charge < -0.3 is 27.1 Å². The van der Waals surface area contributed by atoms with Crippen LogP contribution < -0.4 is 27.1 Å². The molecule has 0 heterocycles. The summed E-state index contributed by atoms with van der Waals surface area (Å²) in [7, 11) is -3.18. The topological polar surface area (TPSA) is 95.2 Å². The SMILES string of the molecule is S=C=S.[C-]#[O+].[C-]#[O+].[Fe].c1ccc(OP(Oc2ccccc2)Oc2ccccc2)cc1.c1ccc(OP(Oc2ccccc2)Oc2ccccc2)cc1. The maximum absolute atomic E-state index is 7.50. The van der Waals surface area contributed by atoms with Gasteiger partial charge in [0, 0.05) is 21.4 Å². The van der Waals surface area contributed by atoms with Crippen LogP contribution in [0.2, 0.25) is 0 Å². The molecule has 6 rings (SSSR count). The van der Waals surface area contributed by atoms with Gasteiger partial charge in [-0.15, -0.1) is 0 Å². The molecule has 0 N–H and O–H groups in total. The molecule has 0 aliphatic rings. The Morgan fingerprint density at radius 3 is 0.558 bits per heavy atom. The Morgan fingerprint density at radius 1 is 0.327 bits per heavy atom. The van der Waals surface area contributed by atoms with Gasteiger partial charge in [0.05, 0.1) is 0 Å². The van der Waals surface area contributed by atoms with E-state index in [1.54, 1.807) is 0 Å². The summed E-state index contributed by atoms with van der Waals surface area (Å²) in [4.78, 5) is 0. The van der Waals surface area contributed by atoms with E-state index in [0.29, 0.717) is 34.5 Å². The van der Waals surface area contributed by atoms with Crippen LogP contribution in [0.15, 0.2) is 182 Å². The van der Waals surface area contributed by atoms with Gasteiger partial charge in [-0.1, -0.05) is 109 Å². The van der Waals surface area contributed by atoms with Crippen molar-refractivity contribution >= 4 is 46.0 Å². The van der Waals surface area contributed by atoms with Gasteiger partial charge in [-0.3, -0.25) is 0 Å². The molecule has 6 aromatic carbocycles. The monoisotopic (exact) mass is 808 g/mol. The van der Waals surface area contributed by atoms with E-state index < -0.39 is 17.2 Å². The van der Waals surface area contributed by atoms with Gasteiger partial charge in [0.2, 0.25) is 0 Å². The van der Waals surface area contributed by atoms with Crippen LogP contribution in [0.4, 0.5) is 0 Å². The van der Waals surface area contributed by atoms with E-state index in [4.69, 9.17) is 36.4 Å². The first kappa shape index (κ1) is 45.2. The molecule has 0 amide bonds. The molecule has 0 radical (unpaired) electrons. The molecule has 264 valence electrons. The molecule has 0 atom stereocenters. The molecule has 0 fully saturated rings. The van der Waals surface area contributed by atoms with E-state index in [1.807, 2.05) is 186 Å². The van der Waals surface area contributed by atoms with Gasteiger partial charge >= 0.3 is 39.8 Å². The zero-order valence-electron chi connectivity index (χ0n) is 27.2. The van der Waals surface area contributed by atoms with Crippen LogP contribution in [0, 0.1) is 13.3 Å². The van der Waals surface area contributed by atoms with E-state index in [9.17, 15) is 0 Å². The van der Waals surface area contributed by atoms with Crippen molar-refractivity contribution in [1.29, 1.82) is 0 Å². The molecular formula is C39H30FeO8P2S2. The maximum Gasteiger partial charge on any atom is 0.530 e. The maximum atomic E-state index is 7.50. The van der Waals surface area contributed by atoms with Gasteiger partial charge in [0.1, 0.15) is 34.5 Å². The summed E-state index contributed by atoms with van der Waals surface area (Å²) >= 11 is 7.92. The van der Waals surface area contributed by atoms with Crippen molar-refractivity contribution < 1.29 is 53.5 Å². The van der Waals surface area contributed by atoms with Crippen LogP contribution in [0.25, 0.3) is 0 Å². The summed E-state index contributed by atoms with van der Waals surface area (Å²) in [6.07, 6.45) is 0. The summed E-state index contributed by atoms with van der Waals surface area (Å²) in [5, 5.41) is 0. The third-order valence-electron chi connectivity index (χ3n) is 5.54. The number of benzene rings is 6. The second-order valence-corrected chi connectivity index (χ2v) is 11.6. The fraction of sp³-hybridized carbons (Fsp3) is 0. The quantitative estimate of drug-likeness (QED) is 0.0397. The Balaban J connectivity index is 0.000000437. The van der Waals surface area contributed by atoms with Crippen LogP contribution >= 0.6 is 41.6 Å². The van der Waals surface area contributed by atoms with Crippen molar-refractivity contribution in [3.63, 3.8) is 0 Å². The molecule has 6 aromatic rings. The normalized spacial score (nSPS) is 8.88. The molecule has 0 saturated carbocycles. The smallest absolute Gasteiger partial charge is 0.409 e. The first-order chi connectivity index (χ1) is 25.2. The Morgan fingerprint density at radius 2 is 0.442 bits per heavy atom. The summed E-state index contributed by atoms with van der Waals surface area (Å²) in [6, 6.07) is 57.0. The second kappa shape index (κ2) is 29.9. The number of thiocarbonyl (C=S) groups is 2. The first-order valence-corrected chi connectivity index (χ1v) is 17.6. The first-order valence-electron chi connectivity index (χ1n) is 14.6. The van der Waals surface area contributed by atoms with Gasteiger partial charge in [-0.25, -0.2) is 0 Å². The van der Waals surface area contributed by atoms with Crippen LogP contribution in [0.1, 0.15) is 0 Å². The van der Waals surface area contributed by atoms with E-state index in [1.165, 1.54) is 0 Å². The van der Waals surface area contributed by atoms with Gasteiger partial charge in [-0.2, -0.15) is 0 Å². The minimum Gasteiger partial charge on any atom is -0.409 e. The molecule has 52 heavy (non-hydrogen) atoms. The van der Waals surface area contributed by atoms with Crippen LogP contribution in [0.5, 0.6) is 34.5 Å². The number of hydrogen-bond donors (Lipinski definition) is 0. The van der Waals surface area contributed by atoms with Crippen molar-refractivity contribution in [3.8, 4) is 34.5 Å². The fourth-order valence-corrected chi connectivity index (χ4v) is 5.50. The molecule has 0 bridgehead atoms. The van der Waals surface area contributed by atoms with E-state index in [0.717, 1.165) is 0 Å². The summed E-state index contributed by atoms with van der Waals surface area (Å²) in [6.45, 7) is 9.00. The Bertz CT molecular complexity index is 1480. The second-order valence-electron chi connectivity index (χ2n) is 8.96. The number of para-hydroxylation sites is 6. The number of hydrogen-bond acceptors (Lipinski definition) is 8. The zero-order chi connectivity index (χ0) is 36.8. The molecule has 0 unspecified atom stereocenters. The molecule has 0 aliphatic heterocycles. The average Bonchev–Trinajstić information content (AvgIpc) is 3.19. The van der Waals surface area contributed by atoms with Crippen molar-refractivity contribution in [2.24, 2.45) is 0 Å². The van der Waals surface area contributed by atoms with Crippen LogP contribution in [0.3, 0.4) is 0 Å². The summed E-state index contributed by atoms with van der Waals surface area (Å²) in [5.41, 5.74) is 0. The molecule has 0 aliphatic carbocycles. The fourth-order valence-electron chi connectivity index (χ4n) is 3.52. The standard InChI is InChI=1S/2C18H15O3P.2CO.CS2.Fe/c2*1-4-10-16(11-5-1)19-22(20-17-12-6-2-7-13-17)21-18-14-8-3-9-15-18;2*1-2;2-1-3;/h2*1-15H;;;;. The third kappa shape index (κ3) is 19.6. The van der Waals surface area contributed by atoms with E-state index in [-0.39, 0.29) is 17.1 Å². The van der Waals surface area contributed by atoms with Gasteiger partial charge in [-0.05, 0) is 97.2 Å². The van der Waals surface area contributed by atoms with Crippen LogP contribution in [-0.4, -0.2) is 4.31 Å². The minimum absolute atomic E-state index is 0. The predicted octanol–water partition coefficient (Wildman–Crippen LogP) is 11.8. The Labute approximate surface area is 327 Å². The molecule has 8 nitrogen and oxygen atoms in total. The Kier molecular flexibility index (Phi) is 26.0. The molecule has 13 heteroatoms. The molecule has 0 aromatic heterocycles. The zero-order valence-corrected chi connectivity index (χ0v) is 31.7. The van der Waals surface area contributed by atoms with Crippen molar-refractivity contribution in [3.05, 3.63) is 195 Å². The van der Waals surface area contributed by atoms with Crippen molar-refractivity contribution in [1.82, 2.24) is 0 Å². The predicted molar refractivity (Wildman–Crippen MR) is 204 cm³/mol. The summed E-state index contributed by atoms with van der Waals surface area (Å²) in [5.74, 6) is 4.25. The molecule has 0 saturated heterocycles. The minimum atomic E-state index is -1.59. The summed E-state index contributed by atoms with van der Waals surface area (Å²) < 4.78 is 52.0. The largest absolute Gasteiger partial charge is 0.530 e. The van der Waals surface area contributed by atoms with E-state index >= 15 is 0 Å². The van der Waals surface area contributed by atoms with Gasteiger partial charge in [0.25, 0.3) is 0 Å². The number of rotatable bonds is 12. The van der Waals surface area contributed by atoms with Crippen LogP contribution in [-0.2, 0) is 26.4 Å². The Hall–Kier alpha value is -4.80. The average molecular weight is 809 g/mol. The molecular weight excluding hydrogens is 778 g/mol. The third-order valence-corrected chi connectivity index (χ3v) is 7.70. The van der Waals surface area contributed by atoms with Crippen molar-refractivity contribution in [2.75, 3.05) is 0 Å². The van der Waals surface area contributed by atoms with Gasteiger partial charge in [0.15, 0.2) is 0 Å². The molecule has 0 spiro atoms. The van der Waals surface area contributed by atoms with Crippen molar-refractivity contribution in [2.45, 2.75) is 0 Å². The van der Waals surface area contributed by atoms with E-state index in [2.05, 4.69) is 37.7 Å².